The molecule has 14 nitrogen and oxygen atoms in total. The normalized spacial score (nSPS) is 14.8. The maximum atomic E-state index is 12.5. The second kappa shape index (κ2) is 14.5. The lowest BCUT2D eigenvalue weighted by atomic mass is 9.95. The van der Waals surface area contributed by atoms with E-state index in [2.05, 4.69) is 4.74 Å². The van der Waals surface area contributed by atoms with Crippen LogP contribution in [-0.4, -0.2) is 108 Å². The predicted octanol–water partition coefficient (Wildman–Crippen LogP) is -0.303. The summed E-state index contributed by atoms with van der Waals surface area (Å²) in [5, 5.41) is 28.7. The second-order valence-corrected chi connectivity index (χ2v) is 9.52. The summed E-state index contributed by atoms with van der Waals surface area (Å²) in [4.78, 5) is 71.4. The number of esters is 4. The van der Waals surface area contributed by atoms with Crippen molar-refractivity contribution in [3.8, 4) is 0 Å². The first-order valence-corrected chi connectivity index (χ1v) is 11.1. The Morgan fingerprint density at radius 1 is 0.917 bits per heavy atom. The Morgan fingerprint density at radius 3 is 1.94 bits per heavy atom. The number of carboxylic acids is 2. The molecule has 14 heteroatoms. The summed E-state index contributed by atoms with van der Waals surface area (Å²) < 4.78 is 19.8. The third kappa shape index (κ3) is 13.1. The van der Waals surface area contributed by atoms with Gasteiger partial charge in [-0.25, -0.2) is 14.4 Å². The Labute approximate surface area is 208 Å². The molecule has 0 aromatic heterocycles. The molecule has 0 saturated carbocycles. The Bertz CT molecular complexity index is 817. The Morgan fingerprint density at radius 2 is 1.50 bits per heavy atom. The molecule has 0 heterocycles. The van der Waals surface area contributed by atoms with Gasteiger partial charge in [0.15, 0.2) is 11.7 Å². The molecule has 0 bridgehead atoms. The summed E-state index contributed by atoms with van der Waals surface area (Å²) >= 11 is 0. The summed E-state index contributed by atoms with van der Waals surface area (Å²) in [5.74, 6) is -8.92. The number of nitrogens with zero attached hydrogens (tertiary/aromatic N) is 1. The first-order valence-electron chi connectivity index (χ1n) is 11.1. The summed E-state index contributed by atoms with van der Waals surface area (Å²) in [6, 6.07) is 0. The van der Waals surface area contributed by atoms with Gasteiger partial charge in [0.1, 0.15) is 13.2 Å². The standard InChI is InChI=1S/C22H35NO13/c1-7-14(18(28)29)34-19(30)20(33-9-8-23(4,5)6)35-17(27)12-22(32,11-15(24)25)21(31)36-16(26)10-13(2)3/h13-14,20,32H,7-12H2,1-6H3,(H-,24,25,28,29)/p+1. The Hall–Kier alpha value is -3.10. The molecule has 0 aliphatic heterocycles. The number of likely N-dealkylation sites (N-methyl/N-ethyl adjacent to an activating group) is 1. The number of rotatable bonds is 16. The number of hydrogen-bond acceptors (Lipinski definition) is 11. The van der Waals surface area contributed by atoms with Crippen molar-refractivity contribution in [3.63, 3.8) is 0 Å². The maximum absolute atomic E-state index is 12.5. The number of aliphatic carboxylic acids is 2. The molecule has 206 valence electrons. The van der Waals surface area contributed by atoms with Crippen molar-refractivity contribution in [1.82, 2.24) is 0 Å². The molecule has 36 heavy (non-hydrogen) atoms. The molecule has 0 spiro atoms. The fraction of sp³-hybridized carbons (Fsp3) is 0.727. The molecule has 0 amide bonds. The molecular formula is C22H36NO13+. The van der Waals surface area contributed by atoms with E-state index in [0.29, 0.717) is 11.0 Å². The minimum atomic E-state index is -3.00. The van der Waals surface area contributed by atoms with E-state index >= 15 is 0 Å². The van der Waals surface area contributed by atoms with Gasteiger partial charge >= 0.3 is 42.1 Å². The van der Waals surface area contributed by atoms with E-state index in [9.17, 15) is 33.9 Å². The number of ether oxygens (including phenoxy) is 4. The fourth-order valence-electron chi connectivity index (χ4n) is 2.52. The van der Waals surface area contributed by atoms with Gasteiger partial charge in [0, 0.05) is 6.42 Å². The van der Waals surface area contributed by atoms with Gasteiger partial charge < -0.3 is 38.8 Å². The van der Waals surface area contributed by atoms with Crippen molar-refractivity contribution in [2.24, 2.45) is 5.92 Å². The lowest BCUT2D eigenvalue weighted by Gasteiger charge is -2.26. The van der Waals surface area contributed by atoms with E-state index in [1.54, 1.807) is 35.0 Å². The monoisotopic (exact) mass is 522 g/mol. The molecule has 3 N–H and O–H groups in total. The van der Waals surface area contributed by atoms with Gasteiger partial charge in [-0.2, -0.15) is 0 Å². The van der Waals surface area contributed by atoms with Crippen LogP contribution in [0.15, 0.2) is 0 Å². The van der Waals surface area contributed by atoms with Crippen LogP contribution in [0, 0.1) is 5.92 Å². The van der Waals surface area contributed by atoms with E-state index in [1.165, 1.54) is 6.92 Å². The predicted molar refractivity (Wildman–Crippen MR) is 119 cm³/mol. The van der Waals surface area contributed by atoms with Gasteiger partial charge in [0.25, 0.3) is 0 Å². The highest BCUT2D eigenvalue weighted by molar-refractivity contribution is 5.95. The Balaban J connectivity index is 5.65. The van der Waals surface area contributed by atoms with E-state index in [1.807, 2.05) is 0 Å². The molecule has 0 aliphatic carbocycles. The van der Waals surface area contributed by atoms with Gasteiger partial charge in [-0.1, -0.05) is 20.8 Å². The van der Waals surface area contributed by atoms with Crippen LogP contribution >= 0.6 is 0 Å². The van der Waals surface area contributed by atoms with Crippen LogP contribution < -0.4 is 0 Å². The van der Waals surface area contributed by atoms with E-state index in [0.717, 1.165) is 0 Å². The van der Waals surface area contributed by atoms with Crippen LogP contribution in [-0.2, 0) is 47.7 Å². The molecule has 3 unspecified atom stereocenters. The van der Waals surface area contributed by atoms with Crippen LogP contribution in [0.25, 0.3) is 0 Å². The molecule has 0 aliphatic rings. The minimum absolute atomic E-state index is 0.102. The van der Waals surface area contributed by atoms with Crippen molar-refractivity contribution >= 4 is 35.8 Å². The van der Waals surface area contributed by atoms with Crippen molar-refractivity contribution in [1.29, 1.82) is 0 Å². The number of hydrogen-bond donors (Lipinski definition) is 3. The maximum Gasteiger partial charge on any atom is 0.377 e. The van der Waals surface area contributed by atoms with Gasteiger partial charge in [-0.3, -0.25) is 14.4 Å². The van der Waals surface area contributed by atoms with Crippen LogP contribution in [0.4, 0.5) is 0 Å². The average Bonchev–Trinajstić information content (AvgIpc) is 2.68. The molecule has 3 atom stereocenters. The van der Waals surface area contributed by atoms with Crippen LogP contribution in [0.5, 0.6) is 0 Å². The van der Waals surface area contributed by atoms with Gasteiger partial charge in [0.2, 0.25) is 0 Å². The molecule has 0 saturated heterocycles. The van der Waals surface area contributed by atoms with E-state index < -0.39 is 66.7 Å². The topological polar surface area (TPSA) is 200 Å². The number of quaternary nitrogens is 1. The summed E-state index contributed by atoms with van der Waals surface area (Å²) in [5.41, 5.74) is -3.00. The molecule has 0 radical (unpaired) electrons. The zero-order chi connectivity index (χ0) is 28.3. The van der Waals surface area contributed by atoms with Crippen molar-refractivity contribution in [3.05, 3.63) is 0 Å². The SMILES string of the molecule is CCC(OC(=O)C(OCC[N+](C)(C)C)OC(=O)CC(O)(CC(=O)O)C(=O)OC(=O)CC(C)C)C(=O)O. The third-order valence-corrected chi connectivity index (χ3v) is 4.41. The van der Waals surface area contributed by atoms with Crippen LogP contribution in [0.1, 0.15) is 46.5 Å². The summed E-state index contributed by atoms with van der Waals surface area (Å²) in [6.45, 7) is 4.91. The lowest BCUT2D eigenvalue weighted by Crippen LogP contribution is -2.46. The van der Waals surface area contributed by atoms with Crippen LogP contribution in [0.3, 0.4) is 0 Å². The molecule has 0 fully saturated rings. The van der Waals surface area contributed by atoms with E-state index in [4.69, 9.17) is 24.4 Å². The molecular weight excluding hydrogens is 486 g/mol. The number of aliphatic hydroxyl groups is 1. The number of carbonyl (C=O) groups is 6. The van der Waals surface area contributed by atoms with Crippen molar-refractivity contribution < 1.29 is 67.5 Å². The van der Waals surface area contributed by atoms with Gasteiger partial charge in [-0.05, 0) is 12.3 Å². The molecule has 0 aromatic rings. The zero-order valence-electron chi connectivity index (χ0n) is 21.3. The van der Waals surface area contributed by atoms with Crippen molar-refractivity contribution in [2.45, 2.75) is 64.4 Å². The molecule has 0 aromatic carbocycles. The first-order chi connectivity index (χ1) is 16.4. The second-order valence-electron chi connectivity index (χ2n) is 9.52. The highest BCUT2D eigenvalue weighted by Gasteiger charge is 2.45. The third-order valence-electron chi connectivity index (χ3n) is 4.41. The summed E-state index contributed by atoms with van der Waals surface area (Å²) in [7, 11) is 5.41. The molecule has 0 rings (SSSR count). The van der Waals surface area contributed by atoms with E-state index in [-0.39, 0.29) is 25.4 Å². The fourth-order valence-corrected chi connectivity index (χ4v) is 2.52. The van der Waals surface area contributed by atoms with Crippen molar-refractivity contribution in [2.75, 3.05) is 34.3 Å². The van der Waals surface area contributed by atoms with Crippen LogP contribution in [0.2, 0.25) is 0 Å². The quantitative estimate of drug-likeness (QED) is 0.0785. The zero-order valence-corrected chi connectivity index (χ0v) is 21.3. The smallest absolute Gasteiger partial charge is 0.377 e. The number of carbonyl (C=O) groups excluding carboxylic acids is 4. The average molecular weight is 523 g/mol. The lowest BCUT2D eigenvalue weighted by molar-refractivity contribution is -0.870. The Kier molecular flexibility index (Phi) is 13.2. The van der Waals surface area contributed by atoms with Gasteiger partial charge in [0.05, 0.1) is 34.0 Å². The first kappa shape index (κ1) is 32.9. The largest absolute Gasteiger partial charge is 0.481 e. The number of carboxylic acid groups (broad SMARTS) is 2. The highest BCUT2D eigenvalue weighted by Crippen LogP contribution is 2.21. The van der Waals surface area contributed by atoms with Gasteiger partial charge in [-0.15, -0.1) is 0 Å². The highest BCUT2D eigenvalue weighted by atomic mass is 16.7. The summed E-state index contributed by atoms with van der Waals surface area (Å²) in [6.07, 6.45) is -6.59. The minimum Gasteiger partial charge on any atom is -0.481 e.